The van der Waals surface area contributed by atoms with Crippen LogP contribution in [0.2, 0.25) is 0 Å². The molecule has 152 valence electrons. The smallest absolute Gasteiger partial charge is 0.305 e. The number of hydrogen-bond acceptors (Lipinski definition) is 5. The third-order valence-corrected chi connectivity index (χ3v) is 4.72. The van der Waals surface area contributed by atoms with Gasteiger partial charge in [0.15, 0.2) is 0 Å². The second-order valence-corrected chi connectivity index (χ2v) is 6.82. The highest BCUT2D eigenvalue weighted by molar-refractivity contribution is 6.21. The lowest BCUT2D eigenvalue weighted by molar-refractivity contribution is -0.143. The minimum atomic E-state index is -0.218. The number of rotatable bonds is 10. The molecule has 0 radical (unpaired) electrons. The van der Waals surface area contributed by atoms with E-state index in [2.05, 4.69) is 0 Å². The van der Waals surface area contributed by atoms with E-state index in [0.717, 1.165) is 17.7 Å². The van der Waals surface area contributed by atoms with Crippen LogP contribution in [0.1, 0.15) is 52.5 Å². The van der Waals surface area contributed by atoms with Gasteiger partial charge in [-0.3, -0.25) is 19.3 Å². The van der Waals surface area contributed by atoms with Crippen molar-refractivity contribution in [2.24, 2.45) is 0 Å². The fourth-order valence-corrected chi connectivity index (χ4v) is 3.31. The van der Waals surface area contributed by atoms with Gasteiger partial charge >= 0.3 is 5.97 Å². The van der Waals surface area contributed by atoms with Crippen LogP contribution in [0, 0.1) is 0 Å². The van der Waals surface area contributed by atoms with Crippen molar-refractivity contribution in [3.63, 3.8) is 0 Å². The molecule has 6 nitrogen and oxygen atoms in total. The van der Waals surface area contributed by atoms with Crippen molar-refractivity contribution >= 4 is 17.8 Å². The zero-order valence-electron chi connectivity index (χ0n) is 16.6. The lowest BCUT2D eigenvalue weighted by Crippen LogP contribution is -2.30. The topological polar surface area (TPSA) is 72.9 Å². The van der Waals surface area contributed by atoms with Gasteiger partial charge in [-0.2, -0.15) is 0 Å². The summed E-state index contributed by atoms with van der Waals surface area (Å²) < 4.78 is 10.6. The van der Waals surface area contributed by atoms with Crippen LogP contribution in [0.5, 0.6) is 5.75 Å². The minimum Gasteiger partial charge on any atom is -0.494 e. The Morgan fingerprint density at radius 1 is 0.966 bits per heavy atom. The molecule has 0 bridgehead atoms. The van der Waals surface area contributed by atoms with Gasteiger partial charge in [-0.1, -0.05) is 24.3 Å². The Bertz CT molecular complexity index is 857. The SMILES string of the molecule is CCOC(=O)CCCOc1cccc(CCCN2C(=O)c3ccccc3C2=O)c1. The molecule has 0 saturated carbocycles. The van der Waals surface area contributed by atoms with E-state index >= 15 is 0 Å². The molecule has 0 unspecified atom stereocenters. The van der Waals surface area contributed by atoms with E-state index in [0.29, 0.717) is 50.1 Å². The lowest BCUT2D eigenvalue weighted by Gasteiger charge is -2.14. The van der Waals surface area contributed by atoms with E-state index < -0.39 is 0 Å². The number of hydrogen-bond donors (Lipinski definition) is 0. The molecule has 0 fully saturated rings. The number of amides is 2. The van der Waals surface area contributed by atoms with Crippen LogP contribution in [0.4, 0.5) is 0 Å². The summed E-state index contributed by atoms with van der Waals surface area (Å²) in [5.41, 5.74) is 2.04. The van der Waals surface area contributed by atoms with Crippen LogP contribution in [-0.4, -0.2) is 42.4 Å². The average molecular weight is 395 g/mol. The Balaban J connectivity index is 1.45. The van der Waals surface area contributed by atoms with Crippen LogP contribution in [0.3, 0.4) is 0 Å². The van der Waals surface area contributed by atoms with Gasteiger partial charge in [0.1, 0.15) is 5.75 Å². The molecule has 0 spiro atoms. The highest BCUT2D eigenvalue weighted by Crippen LogP contribution is 2.23. The van der Waals surface area contributed by atoms with Crippen molar-refractivity contribution in [1.29, 1.82) is 0 Å². The predicted molar refractivity (Wildman–Crippen MR) is 108 cm³/mol. The van der Waals surface area contributed by atoms with Gasteiger partial charge in [-0.05, 0) is 56.0 Å². The Morgan fingerprint density at radius 2 is 1.69 bits per heavy atom. The quantitative estimate of drug-likeness (QED) is 0.349. The Labute approximate surface area is 170 Å². The van der Waals surface area contributed by atoms with Gasteiger partial charge in [-0.25, -0.2) is 0 Å². The minimum absolute atomic E-state index is 0.210. The van der Waals surface area contributed by atoms with Crippen LogP contribution in [0.15, 0.2) is 48.5 Å². The first-order valence-corrected chi connectivity index (χ1v) is 9.92. The third-order valence-electron chi connectivity index (χ3n) is 4.72. The van der Waals surface area contributed by atoms with Crippen LogP contribution >= 0.6 is 0 Å². The second kappa shape index (κ2) is 9.87. The molecular weight excluding hydrogens is 370 g/mol. The molecule has 2 amide bonds. The molecule has 2 aromatic carbocycles. The molecule has 1 heterocycles. The molecule has 0 aromatic heterocycles. The van der Waals surface area contributed by atoms with Crippen LogP contribution in [0.25, 0.3) is 0 Å². The average Bonchev–Trinajstić information content (AvgIpc) is 2.97. The Kier molecular flexibility index (Phi) is 7.00. The normalized spacial score (nSPS) is 12.8. The van der Waals surface area contributed by atoms with Gasteiger partial charge in [0.2, 0.25) is 0 Å². The van der Waals surface area contributed by atoms with Crippen molar-refractivity contribution < 1.29 is 23.9 Å². The Hall–Kier alpha value is -3.15. The Morgan fingerprint density at radius 3 is 2.38 bits per heavy atom. The van der Waals surface area contributed by atoms with E-state index in [4.69, 9.17) is 9.47 Å². The molecule has 0 aliphatic carbocycles. The first kappa shape index (κ1) is 20.6. The van der Waals surface area contributed by atoms with Gasteiger partial charge in [0.25, 0.3) is 11.8 Å². The molecule has 3 rings (SSSR count). The summed E-state index contributed by atoms with van der Waals surface area (Å²) in [6.07, 6.45) is 2.35. The van der Waals surface area contributed by atoms with Crippen molar-refractivity contribution in [3.05, 3.63) is 65.2 Å². The number of esters is 1. The predicted octanol–water partition coefficient (Wildman–Crippen LogP) is 3.64. The summed E-state index contributed by atoms with van der Waals surface area (Å²) >= 11 is 0. The van der Waals surface area contributed by atoms with E-state index in [1.54, 1.807) is 31.2 Å². The standard InChI is InChI=1S/C23H25NO5/c1-2-28-21(25)13-7-15-29-18-10-5-8-17(16-18)9-6-14-24-22(26)19-11-3-4-12-20(19)23(24)27/h3-5,8,10-12,16H,2,6-7,9,13-15H2,1H3. The molecule has 29 heavy (non-hydrogen) atoms. The van der Waals surface area contributed by atoms with E-state index in [1.165, 1.54) is 4.90 Å². The van der Waals surface area contributed by atoms with Gasteiger partial charge in [-0.15, -0.1) is 0 Å². The summed E-state index contributed by atoms with van der Waals surface area (Å²) in [5, 5.41) is 0. The molecule has 6 heteroatoms. The van der Waals surface area contributed by atoms with E-state index in [1.807, 2.05) is 24.3 Å². The fraction of sp³-hybridized carbons (Fsp3) is 0.348. The number of nitrogens with zero attached hydrogens (tertiary/aromatic N) is 1. The summed E-state index contributed by atoms with van der Waals surface area (Å²) in [5.74, 6) is 0.0960. The number of fused-ring (bicyclic) bond motifs is 1. The lowest BCUT2D eigenvalue weighted by atomic mass is 10.1. The number of benzene rings is 2. The number of carbonyl (C=O) groups excluding carboxylic acids is 3. The second-order valence-electron chi connectivity index (χ2n) is 6.82. The third kappa shape index (κ3) is 5.22. The zero-order valence-corrected chi connectivity index (χ0v) is 16.6. The molecule has 2 aromatic rings. The molecular formula is C23H25NO5. The van der Waals surface area contributed by atoms with Crippen LogP contribution in [-0.2, 0) is 16.0 Å². The summed E-state index contributed by atoms with van der Waals surface area (Å²) in [6, 6.07) is 14.7. The number of ether oxygens (including phenoxy) is 2. The molecule has 0 atom stereocenters. The van der Waals surface area contributed by atoms with Crippen molar-refractivity contribution in [2.75, 3.05) is 19.8 Å². The van der Waals surface area contributed by atoms with E-state index in [-0.39, 0.29) is 17.8 Å². The summed E-state index contributed by atoms with van der Waals surface area (Å²) in [6.45, 7) is 3.00. The maximum Gasteiger partial charge on any atom is 0.305 e. The molecule has 1 aliphatic heterocycles. The van der Waals surface area contributed by atoms with Crippen LogP contribution < -0.4 is 4.74 Å². The number of carbonyl (C=O) groups is 3. The maximum absolute atomic E-state index is 12.4. The fourth-order valence-electron chi connectivity index (χ4n) is 3.31. The van der Waals surface area contributed by atoms with Gasteiger partial charge in [0, 0.05) is 13.0 Å². The summed E-state index contributed by atoms with van der Waals surface area (Å²) in [7, 11) is 0. The first-order valence-electron chi connectivity index (χ1n) is 9.92. The van der Waals surface area contributed by atoms with E-state index in [9.17, 15) is 14.4 Å². The monoisotopic (exact) mass is 395 g/mol. The molecule has 0 N–H and O–H groups in total. The number of aryl methyl sites for hydroxylation is 1. The largest absolute Gasteiger partial charge is 0.494 e. The number of imide groups is 1. The molecule has 0 saturated heterocycles. The molecule has 1 aliphatic rings. The maximum atomic E-state index is 12.4. The van der Waals surface area contributed by atoms with Gasteiger partial charge in [0.05, 0.1) is 24.3 Å². The highest BCUT2D eigenvalue weighted by Gasteiger charge is 2.34. The van der Waals surface area contributed by atoms with Crippen molar-refractivity contribution in [3.8, 4) is 5.75 Å². The first-order chi connectivity index (χ1) is 14.1. The van der Waals surface area contributed by atoms with Crippen molar-refractivity contribution in [1.82, 2.24) is 4.90 Å². The highest BCUT2D eigenvalue weighted by atomic mass is 16.5. The zero-order chi connectivity index (χ0) is 20.6. The summed E-state index contributed by atoms with van der Waals surface area (Å²) in [4.78, 5) is 37.4. The van der Waals surface area contributed by atoms with Crippen molar-refractivity contribution in [2.45, 2.75) is 32.6 Å². The van der Waals surface area contributed by atoms with Gasteiger partial charge < -0.3 is 9.47 Å².